The Hall–Kier alpha value is -3.26. The lowest BCUT2D eigenvalue weighted by atomic mass is 10.1. The van der Waals surface area contributed by atoms with Gasteiger partial charge in [-0.15, -0.1) is 0 Å². The minimum atomic E-state index is -0.454. The number of aromatic nitrogens is 1. The molecule has 3 heterocycles. The molecule has 0 atom stereocenters. The number of fused-ring (bicyclic) bond motifs is 2. The molecule has 146 valence electrons. The molecular weight excluding hydrogens is 391 g/mol. The van der Waals surface area contributed by atoms with Crippen LogP contribution in [-0.4, -0.2) is 17.1 Å². The zero-order valence-corrected chi connectivity index (χ0v) is 16.6. The topological polar surface area (TPSA) is 66.7 Å². The van der Waals surface area contributed by atoms with E-state index in [2.05, 4.69) is 23.3 Å². The van der Waals surface area contributed by atoms with E-state index in [1.165, 1.54) is 40.7 Å². The van der Waals surface area contributed by atoms with E-state index >= 15 is 0 Å². The lowest BCUT2D eigenvalue weighted by Crippen LogP contribution is -2.43. The number of carbonyl (C=O) groups is 1. The maximum Gasteiger partial charge on any atom is 0.272 e. The Morgan fingerprint density at radius 2 is 1.93 bits per heavy atom. The largest absolute Gasteiger partial charge is 0.334 e. The first-order valence-corrected chi connectivity index (χ1v) is 9.96. The molecule has 0 saturated heterocycles. The molecule has 0 unspecified atom stereocenters. The number of hydrogen-bond acceptors (Lipinski definition) is 5. The zero-order chi connectivity index (χ0) is 20.3. The number of amides is 1. The van der Waals surface area contributed by atoms with Crippen LogP contribution in [0.4, 0.5) is 15.8 Å². The predicted octanol–water partition coefficient (Wildman–Crippen LogP) is 1.87. The molecule has 8 heteroatoms. The van der Waals surface area contributed by atoms with Gasteiger partial charge in [-0.05, 0) is 55.3 Å². The molecule has 5 rings (SSSR count). The van der Waals surface area contributed by atoms with Gasteiger partial charge in [-0.2, -0.15) is 0 Å². The fourth-order valence-electron chi connectivity index (χ4n) is 3.61. The quantitative estimate of drug-likeness (QED) is 0.669. The van der Waals surface area contributed by atoms with Crippen LogP contribution in [0.2, 0.25) is 0 Å². The summed E-state index contributed by atoms with van der Waals surface area (Å²) in [6.45, 7) is 4.88. The van der Waals surface area contributed by atoms with E-state index < -0.39 is 11.7 Å². The highest BCUT2D eigenvalue weighted by Gasteiger charge is 2.28. The fraction of sp³-hybridized carbons (Fsp3) is 0.190. The Morgan fingerprint density at radius 1 is 1.10 bits per heavy atom. The molecule has 1 N–H and O–H groups in total. The third-order valence-corrected chi connectivity index (χ3v) is 6.48. The molecule has 1 aromatic heterocycles. The van der Waals surface area contributed by atoms with Crippen LogP contribution < -0.4 is 25.1 Å². The van der Waals surface area contributed by atoms with Crippen LogP contribution >= 0.6 is 11.3 Å². The molecule has 0 bridgehead atoms. The van der Waals surface area contributed by atoms with Crippen molar-refractivity contribution in [3.63, 3.8) is 0 Å². The summed E-state index contributed by atoms with van der Waals surface area (Å²) in [6.07, 6.45) is 0. The Balaban J connectivity index is 1.64. The first-order chi connectivity index (χ1) is 13.9. The van der Waals surface area contributed by atoms with Gasteiger partial charge in [-0.25, -0.2) is 9.38 Å². The van der Waals surface area contributed by atoms with E-state index in [0.717, 1.165) is 5.69 Å². The Bertz CT molecular complexity index is 1370. The van der Waals surface area contributed by atoms with Crippen molar-refractivity contribution in [2.45, 2.75) is 20.5 Å². The lowest BCUT2D eigenvalue weighted by Gasteiger charge is -2.26. The van der Waals surface area contributed by atoms with Crippen molar-refractivity contribution in [3.05, 3.63) is 78.6 Å². The number of anilines is 2. The number of carbonyl (C=O) groups excluding carboxylic acids is 1. The predicted molar refractivity (Wildman–Crippen MR) is 110 cm³/mol. The van der Waals surface area contributed by atoms with Crippen molar-refractivity contribution in [3.8, 4) is 0 Å². The Kier molecular flexibility index (Phi) is 3.92. The van der Waals surface area contributed by atoms with Crippen LogP contribution in [0.5, 0.6) is 0 Å². The molecule has 29 heavy (non-hydrogen) atoms. The summed E-state index contributed by atoms with van der Waals surface area (Å²) in [5.74, 6) is -0.849. The first-order valence-electron chi connectivity index (χ1n) is 9.14. The molecule has 3 aromatic rings. The van der Waals surface area contributed by atoms with Crippen molar-refractivity contribution in [2.24, 2.45) is 4.99 Å². The number of thiazole rings is 1. The minimum Gasteiger partial charge on any atom is -0.334 e. The molecule has 0 radical (unpaired) electrons. The molecule has 0 aliphatic carbocycles. The number of hydrogen-bond donors (Lipinski definition) is 1. The number of nitrogens with one attached hydrogen (secondary N) is 1. The van der Waals surface area contributed by atoms with Crippen LogP contribution in [-0.2, 0) is 11.5 Å². The second-order valence-corrected chi connectivity index (χ2v) is 8.19. The number of benzene rings is 2. The molecule has 0 spiro atoms. The van der Waals surface area contributed by atoms with Gasteiger partial charge in [-0.1, -0.05) is 17.4 Å². The van der Waals surface area contributed by atoms with Gasteiger partial charge in [0.05, 0.1) is 5.57 Å². The average molecular weight is 408 g/mol. The molecule has 0 fully saturated rings. The highest BCUT2D eigenvalue weighted by atomic mass is 32.1. The van der Waals surface area contributed by atoms with Gasteiger partial charge in [0.2, 0.25) is 0 Å². The maximum atomic E-state index is 13.7. The summed E-state index contributed by atoms with van der Waals surface area (Å²) in [6, 6.07) is 10.2. The van der Waals surface area contributed by atoms with E-state index in [9.17, 15) is 14.0 Å². The van der Waals surface area contributed by atoms with Gasteiger partial charge in [0, 0.05) is 16.9 Å². The molecule has 0 saturated carbocycles. The normalized spacial score (nSPS) is 16.9. The number of nitrogens with zero attached hydrogens (tertiary/aromatic N) is 3. The van der Waals surface area contributed by atoms with E-state index in [1.807, 2.05) is 24.0 Å². The smallest absolute Gasteiger partial charge is 0.272 e. The summed E-state index contributed by atoms with van der Waals surface area (Å²) in [5.41, 5.74) is 4.21. The summed E-state index contributed by atoms with van der Waals surface area (Å²) in [7, 11) is 0. The maximum absolute atomic E-state index is 13.7. The second-order valence-electron chi connectivity index (χ2n) is 7.22. The Morgan fingerprint density at radius 3 is 2.72 bits per heavy atom. The molecule has 2 aliphatic rings. The van der Waals surface area contributed by atoms with Gasteiger partial charge >= 0.3 is 0 Å². The monoisotopic (exact) mass is 408 g/mol. The highest BCUT2D eigenvalue weighted by molar-refractivity contribution is 7.07. The second kappa shape index (κ2) is 6.38. The van der Waals surface area contributed by atoms with E-state index in [4.69, 9.17) is 0 Å². The average Bonchev–Trinajstić information content (AvgIpc) is 3.19. The van der Waals surface area contributed by atoms with Crippen LogP contribution in [0.1, 0.15) is 16.7 Å². The highest BCUT2D eigenvalue weighted by Crippen LogP contribution is 2.30. The number of aryl methyl sites for hydroxylation is 2. The Labute approximate surface area is 169 Å². The van der Waals surface area contributed by atoms with Crippen molar-refractivity contribution in [1.82, 2.24) is 4.57 Å². The molecular formula is C21H17FN4O2S. The molecule has 2 aromatic carbocycles. The van der Waals surface area contributed by atoms with Crippen LogP contribution in [0, 0.1) is 19.7 Å². The molecule has 1 amide bonds. The minimum absolute atomic E-state index is 0.212. The van der Waals surface area contributed by atoms with Gasteiger partial charge in [0.25, 0.3) is 11.5 Å². The molecule has 2 aliphatic heterocycles. The summed E-state index contributed by atoms with van der Waals surface area (Å²) in [4.78, 5) is 32.8. The van der Waals surface area contributed by atoms with Crippen LogP contribution in [0.25, 0.3) is 5.57 Å². The number of rotatable bonds is 1. The van der Waals surface area contributed by atoms with Gasteiger partial charge in [0.1, 0.15) is 23.7 Å². The summed E-state index contributed by atoms with van der Waals surface area (Å²) >= 11 is 1.17. The SMILES string of the molecule is Cc1ccc(N2CN=c3sc(=C4C(=O)Nc5ccc(F)cc54)c(=O)n3C2)cc1C. The van der Waals surface area contributed by atoms with Gasteiger partial charge in [-0.3, -0.25) is 14.2 Å². The van der Waals surface area contributed by atoms with Crippen molar-refractivity contribution in [1.29, 1.82) is 0 Å². The van der Waals surface area contributed by atoms with Crippen molar-refractivity contribution in [2.75, 3.05) is 16.9 Å². The summed E-state index contributed by atoms with van der Waals surface area (Å²) < 4.78 is 15.6. The van der Waals surface area contributed by atoms with Crippen LogP contribution in [0.15, 0.2) is 46.2 Å². The zero-order valence-electron chi connectivity index (χ0n) is 15.8. The van der Waals surface area contributed by atoms with Crippen molar-refractivity contribution < 1.29 is 9.18 Å². The van der Waals surface area contributed by atoms with Crippen molar-refractivity contribution >= 4 is 34.2 Å². The fourth-order valence-corrected chi connectivity index (χ4v) is 4.67. The third kappa shape index (κ3) is 2.79. The van der Waals surface area contributed by atoms with E-state index in [-0.39, 0.29) is 15.7 Å². The van der Waals surface area contributed by atoms with E-state index in [0.29, 0.717) is 29.4 Å². The summed E-state index contributed by atoms with van der Waals surface area (Å²) in [5, 5.41) is 2.70. The first kappa shape index (κ1) is 17.8. The third-order valence-electron chi connectivity index (χ3n) is 5.36. The van der Waals surface area contributed by atoms with E-state index in [1.54, 1.807) is 4.57 Å². The lowest BCUT2D eigenvalue weighted by molar-refractivity contribution is -0.110. The van der Waals surface area contributed by atoms with Crippen LogP contribution in [0.3, 0.4) is 0 Å². The van der Waals surface area contributed by atoms with Gasteiger partial charge in [0.15, 0.2) is 4.80 Å². The molecule has 6 nitrogen and oxygen atoms in total. The van der Waals surface area contributed by atoms with Gasteiger partial charge < -0.3 is 10.2 Å². The standard InChI is InChI=1S/C21H17FN4O2S/c1-11-3-5-14(7-12(11)2)25-9-23-21-26(10-25)20(28)18(29-21)17-15-8-13(22)4-6-16(15)24-19(17)27/h3-8H,9-10H2,1-2H3,(H,24,27). The number of halogens is 1.